The van der Waals surface area contributed by atoms with Gasteiger partial charge in [-0.05, 0) is 42.4 Å². The summed E-state index contributed by atoms with van der Waals surface area (Å²) in [5.74, 6) is 0. The van der Waals surface area contributed by atoms with Gasteiger partial charge in [-0.1, -0.05) is 50.6 Å². The predicted molar refractivity (Wildman–Crippen MR) is 89.0 cm³/mol. The molecule has 0 unspecified atom stereocenters. The Morgan fingerprint density at radius 3 is 2.71 bits per heavy atom. The summed E-state index contributed by atoms with van der Waals surface area (Å²) in [5, 5.41) is 0. The molecule has 2 nitrogen and oxygen atoms in total. The van der Waals surface area contributed by atoms with Crippen molar-refractivity contribution in [2.75, 3.05) is 0 Å². The van der Waals surface area contributed by atoms with Gasteiger partial charge in [-0.2, -0.15) is 0 Å². The van der Waals surface area contributed by atoms with Crippen LogP contribution in [0.4, 0.5) is 0 Å². The van der Waals surface area contributed by atoms with Crippen molar-refractivity contribution in [1.82, 2.24) is 9.97 Å². The Hall–Kier alpha value is -1.96. The predicted octanol–water partition coefficient (Wildman–Crippen LogP) is 5.09. The van der Waals surface area contributed by atoms with E-state index >= 15 is 0 Å². The molecule has 1 aromatic carbocycles. The Morgan fingerprint density at radius 1 is 1.14 bits per heavy atom. The van der Waals surface area contributed by atoms with Crippen LogP contribution < -0.4 is 0 Å². The number of rotatable bonds is 1. The third kappa shape index (κ3) is 2.76. The zero-order valence-electron chi connectivity index (χ0n) is 13.3. The lowest BCUT2D eigenvalue weighted by Crippen LogP contribution is -2.11. The van der Waals surface area contributed by atoms with Crippen molar-refractivity contribution in [1.29, 1.82) is 0 Å². The van der Waals surface area contributed by atoms with Crippen LogP contribution in [0.25, 0.3) is 16.6 Å². The smallest absolute Gasteiger partial charge is 0.0916 e. The maximum absolute atomic E-state index is 4.80. The van der Waals surface area contributed by atoms with Crippen molar-refractivity contribution in [2.24, 2.45) is 5.41 Å². The van der Waals surface area contributed by atoms with E-state index in [0.29, 0.717) is 0 Å². The summed E-state index contributed by atoms with van der Waals surface area (Å²) in [6, 6.07) is 6.16. The molecule has 0 N–H and O–H groups in total. The standard InChI is InChI=1S/C19H22N2/c1-13-7-5-10-16-18(13)20-12-17(21-16)14-8-6-9-15(11-14)19(2,3)4/h5,7-8,10-12H,6,9H2,1-4H3. The highest BCUT2D eigenvalue weighted by Crippen LogP contribution is 2.35. The zero-order chi connectivity index (χ0) is 15.0. The Kier molecular flexibility index (Phi) is 3.40. The Bertz CT molecular complexity index is 746. The van der Waals surface area contributed by atoms with E-state index in [9.17, 15) is 0 Å². The number of benzene rings is 1. The molecule has 0 spiro atoms. The highest BCUT2D eigenvalue weighted by Gasteiger charge is 2.20. The third-order valence-electron chi connectivity index (χ3n) is 4.14. The van der Waals surface area contributed by atoms with Crippen molar-refractivity contribution in [2.45, 2.75) is 40.5 Å². The zero-order valence-corrected chi connectivity index (χ0v) is 13.3. The highest BCUT2D eigenvalue weighted by molar-refractivity contribution is 5.81. The summed E-state index contributed by atoms with van der Waals surface area (Å²) >= 11 is 0. The van der Waals surface area contributed by atoms with Crippen molar-refractivity contribution in [3.05, 3.63) is 53.4 Å². The van der Waals surface area contributed by atoms with Crippen LogP contribution in [0.3, 0.4) is 0 Å². The molecule has 0 bridgehead atoms. The van der Waals surface area contributed by atoms with Crippen LogP contribution in [0.1, 0.15) is 44.9 Å². The molecular weight excluding hydrogens is 256 g/mol. The van der Waals surface area contributed by atoms with E-state index in [1.54, 1.807) is 0 Å². The molecule has 0 atom stereocenters. The van der Waals surface area contributed by atoms with Gasteiger partial charge in [0, 0.05) is 0 Å². The average molecular weight is 278 g/mol. The maximum atomic E-state index is 4.80. The van der Waals surface area contributed by atoms with Gasteiger partial charge in [0.25, 0.3) is 0 Å². The van der Waals surface area contributed by atoms with E-state index in [1.165, 1.54) is 16.7 Å². The minimum absolute atomic E-state index is 0.223. The van der Waals surface area contributed by atoms with Crippen molar-refractivity contribution in [3.8, 4) is 0 Å². The molecule has 1 aliphatic carbocycles. The molecule has 108 valence electrons. The number of para-hydroxylation sites is 1. The number of aromatic nitrogens is 2. The topological polar surface area (TPSA) is 25.8 Å². The molecule has 0 saturated heterocycles. The fraction of sp³-hybridized carbons (Fsp3) is 0.368. The van der Waals surface area contributed by atoms with Gasteiger partial charge in [0.15, 0.2) is 0 Å². The molecule has 1 aromatic heterocycles. The quantitative estimate of drug-likeness (QED) is 0.726. The fourth-order valence-corrected chi connectivity index (χ4v) is 2.80. The first kappa shape index (κ1) is 14.0. The average Bonchev–Trinajstić information content (AvgIpc) is 2.46. The Labute approximate surface area is 126 Å². The maximum Gasteiger partial charge on any atom is 0.0916 e. The number of nitrogens with zero attached hydrogens (tertiary/aromatic N) is 2. The molecular formula is C19H22N2. The van der Waals surface area contributed by atoms with Gasteiger partial charge in [-0.25, -0.2) is 4.98 Å². The van der Waals surface area contributed by atoms with Gasteiger partial charge in [0.1, 0.15) is 0 Å². The van der Waals surface area contributed by atoms with Crippen LogP contribution in [0.15, 0.2) is 42.1 Å². The van der Waals surface area contributed by atoms with Crippen LogP contribution in [0.2, 0.25) is 0 Å². The SMILES string of the molecule is Cc1cccc2nc(C3=CCCC(C(C)(C)C)=C3)cnc12. The molecule has 0 saturated carbocycles. The normalized spacial score (nSPS) is 15.8. The first-order valence-electron chi connectivity index (χ1n) is 7.59. The summed E-state index contributed by atoms with van der Waals surface area (Å²) in [6.45, 7) is 8.90. The van der Waals surface area contributed by atoms with E-state index in [0.717, 1.165) is 29.6 Å². The molecule has 0 fully saturated rings. The van der Waals surface area contributed by atoms with Gasteiger partial charge < -0.3 is 0 Å². The van der Waals surface area contributed by atoms with Crippen molar-refractivity contribution in [3.63, 3.8) is 0 Å². The van der Waals surface area contributed by atoms with Crippen LogP contribution in [0, 0.1) is 12.3 Å². The number of fused-ring (bicyclic) bond motifs is 1. The molecule has 2 aromatic rings. The summed E-state index contributed by atoms with van der Waals surface area (Å²) < 4.78 is 0. The van der Waals surface area contributed by atoms with E-state index < -0.39 is 0 Å². The van der Waals surface area contributed by atoms with Crippen LogP contribution >= 0.6 is 0 Å². The van der Waals surface area contributed by atoms with E-state index in [-0.39, 0.29) is 5.41 Å². The first-order chi connectivity index (χ1) is 9.95. The van der Waals surface area contributed by atoms with Gasteiger partial charge >= 0.3 is 0 Å². The summed E-state index contributed by atoms with van der Waals surface area (Å²) in [7, 11) is 0. The van der Waals surface area contributed by atoms with Gasteiger partial charge in [0.05, 0.1) is 22.9 Å². The summed E-state index contributed by atoms with van der Waals surface area (Å²) in [5.41, 5.74) is 7.06. The van der Waals surface area contributed by atoms with Gasteiger partial charge in [-0.15, -0.1) is 0 Å². The largest absolute Gasteiger partial charge is 0.252 e. The van der Waals surface area contributed by atoms with Crippen LogP contribution in [-0.2, 0) is 0 Å². The molecule has 21 heavy (non-hydrogen) atoms. The molecule has 0 amide bonds. The molecule has 0 radical (unpaired) electrons. The van der Waals surface area contributed by atoms with Crippen LogP contribution in [-0.4, -0.2) is 9.97 Å². The molecule has 1 heterocycles. The monoisotopic (exact) mass is 278 g/mol. The fourth-order valence-electron chi connectivity index (χ4n) is 2.80. The lowest BCUT2D eigenvalue weighted by molar-refractivity contribution is 0.482. The minimum Gasteiger partial charge on any atom is -0.252 e. The number of aryl methyl sites for hydroxylation is 1. The number of hydrogen-bond donors (Lipinski definition) is 0. The molecule has 2 heteroatoms. The van der Waals surface area contributed by atoms with Crippen LogP contribution in [0.5, 0.6) is 0 Å². The Balaban J connectivity index is 2.05. The number of allylic oxidation sites excluding steroid dienone is 4. The lowest BCUT2D eigenvalue weighted by atomic mass is 9.80. The van der Waals surface area contributed by atoms with E-state index in [4.69, 9.17) is 4.98 Å². The second kappa shape index (κ2) is 5.10. The lowest BCUT2D eigenvalue weighted by Gasteiger charge is -2.26. The van der Waals surface area contributed by atoms with Crippen molar-refractivity contribution >= 4 is 16.6 Å². The second-order valence-corrected chi connectivity index (χ2v) is 6.82. The Morgan fingerprint density at radius 2 is 1.95 bits per heavy atom. The van der Waals surface area contributed by atoms with E-state index in [1.807, 2.05) is 18.3 Å². The van der Waals surface area contributed by atoms with Gasteiger partial charge in [0.2, 0.25) is 0 Å². The van der Waals surface area contributed by atoms with E-state index in [2.05, 4.69) is 50.9 Å². The highest BCUT2D eigenvalue weighted by atomic mass is 14.8. The van der Waals surface area contributed by atoms with Crippen molar-refractivity contribution < 1.29 is 0 Å². The molecule has 0 aliphatic heterocycles. The summed E-state index contributed by atoms with van der Waals surface area (Å²) in [4.78, 5) is 9.41. The third-order valence-corrected chi connectivity index (χ3v) is 4.14. The summed E-state index contributed by atoms with van der Waals surface area (Å²) in [6.07, 6.45) is 8.72. The first-order valence-corrected chi connectivity index (χ1v) is 7.59. The molecule has 3 rings (SSSR count). The minimum atomic E-state index is 0.223. The van der Waals surface area contributed by atoms with Gasteiger partial charge in [-0.3, -0.25) is 4.98 Å². The second-order valence-electron chi connectivity index (χ2n) is 6.82. The molecule has 1 aliphatic rings. The number of hydrogen-bond acceptors (Lipinski definition) is 2.